The van der Waals surface area contributed by atoms with Gasteiger partial charge in [-0.3, -0.25) is 4.79 Å². The number of likely N-dealkylation sites (tertiary alicyclic amines) is 1. The second-order valence-electron chi connectivity index (χ2n) is 6.44. The van der Waals surface area contributed by atoms with E-state index >= 15 is 0 Å². The molecular weight excluding hydrogens is 328 g/mol. The van der Waals surface area contributed by atoms with Crippen LogP contribution in [0.1, 0.15) is 36.9 Å². The van der Waals surface area contributed by atoms with Crippen molar-refractivity contribution in [1.29, 1.82) is 0 Å². The van der Waals surface area contributed by atoms with E-state index in [9.17, 15) is 4.79 Å². The molecule has 2 aromatic rings. The van der Waals surface area contributed by atoms with Gasteiger partial charge in [-0.1, -0.05) is 18.3 Å². The first-order chi connectivity index (χ1) is 11.0. The van der Waals surface area contributed by atoms with Crippen LogP contribution in [0.2, 0.25) is 0 Å². The highest BCUT2D eigenvalue weighted by atomic mass is 32.1. The molecule has 5 nitrogen and oxygen atoms in total. The van der Waals surface area contributed by atoms with Crippen molar-refractivity contribution in [2.75, 3.05) is 37.6 Å². The van der Waals surface area contributed by atoms with E-state index in [4.69, 9.17) is 10.7 Å². The van der Waals surface area contributed by atoms with Gasteiger partial charge in [0, 0.05) is 26.2 Å². The molecule has 3 rings (SSSR count). The average molecular weight is 353 g/mol. The second kappa shape index (κ2) is 6.37. The van der Waals surface area contributed by atoms with Gasteiger partial charge in [-0.25, -0.2) is 4.98 Å². The normalized spacial score (nSPS) is 21.3. The summed E-state index contributed by atoms with van der Waals surface area (Å²) in [6.07, 6.45) is 0.985. The molecule has 2 N–H and O–H groups in total. The van der Waals surface area contributed by atoms with Crippen LogP contribution in [0.3, 0.4) is 0 Å². The molecule has 3 heterocycles. The number of amides is 1. The van der Waals surface area contributed by atoms with Gasteiger partial charge < -0.3 is 15.5 Å². The number of carbonyl (C=O) groups is 1. The molecule has 0 aliphatic carbocycles. The summed E-state index contributed by atoms with van der Waals surface area (Å²) in [7, 11) is 0. The summed E-state index contributed by atoms with van der Waals surface area (Å²) in [5, 5.41) is 1.05. The summed E-state index contributed by atoms with van der Waals surface area (Å²) >= 11 is 3.18. The van der Waals surface area contributed by atoms with Crippen LogP contribution in [0.15, 0.2) is 6.07 Å². The van der Waals surface area contributed by atoms with Crippen molar-refractivity contribution in [2.45, 2.75) is 27.2 Å². The van der Waals surface area contributed by atoms with E-state index in [1.54, 1.807) is 11.3 Å². The smallest absolute Gasteiger partial charge is 0.264 e. The Morgan fingerprint density at radius 2 is 2.17 bits per heavy atom. The van der Waals surface area contributed by atoms with Gasteiger partial charge in [0.05, 0.1) is 9.58 Å². The Morgan fingerprint density at radius 1 is 1.43 bits per heavy atom. The molecular formula is C16H24N4OS2. The van der Waals surface area contributed by atoms with E-state index in [1.165, 1.54) is 11.3 Å². The zero-order valence-electron chi connectivity index (χ0n) is 14.0. The van der Waals surface area contributed by atoms with Crippen LogP contribution in [-0.2, 0) is 0 Å². The number of fused-ring (bicyclic) bond motifs is 1. The lowest BCUT2D eigenvalue weighted by Crippen LogP contribution is -2.34. The van der Waals surface area contributed by atoms with E-state index in [2.05, 4.69) is 25.7 Å². The Bertz CT molecular complexity index is 675. The Balaban J connectivity index is 1.79. The number of aromatic nitrogens is 1. The first-order valence-corrected chi connectivity index (χ1v) is 9.77. The highest BCUT2D eigenvalue weighted by molar-refractivity contribution is 7.29. The van der Waals surface area contributed by atoms with Gasteiger partial charge >= 0.3 is 0 Å². The average Bonchev–Trinajstić information content (AvgIpc) is 3.21. The van der Waals surface area contributed by atoms with Gasteiger partial charge in [0.15, 0.2) is 5.13 Å². The third-order valence-electron chi connectivity index (χ3n) is 4.66. The number of hydrogen-bond acceptors (Lipinski definition) is 6. The molecule has 23 heavy (non-hydrogen) atoms. The summed E-state index contributed by atoms with van der Waals surface area (Å²) in [6.45, 7) is 10.5. The number of thiophene rings is 1. The zero-order valence-corrected chi connectivity index (χ0v) is 15.6. The van der Waals surface area contributed by atoms with Crippen LogP contribution < -0.4 is 10.6 Å². The van der Waals surface area contributed by atoms with Gasteiger partial charge in [-0.15, -0.1) is 11.3 Å². The third kappa shape index (κ3) is 3.09. The molecule has 1 unspecified atom stereocenters. The Labute approximate surface area is 145 Å². The van der Waals surface area contributed by atoms with Gasteiger partial charge in [0.1, 0.15) is 4.83 Å². The third-order valence-corrected chi connectivity index (χ3v) is 6.87. The quantitative estimate of drug-likeness (QED) is 0.898. The van der Waals surface area contributed by atoms with Gasteiger partial charge in [0.2, 0.25) is 0 Å². The maximum absolute atomic E-state index is 12.7. The maximum Gasteiger partial charge on any atom is 0.264 e. The first kappa shape index (κ1) is 16.7. The van der Waals surface area contributed by atoms with Crippen LogP contribution in [-0.4, -0.2) is 48.5 Å². The zero-order chi connectivity index (χ0) is 16.6. The summed E-state index contributed by atoms with van der Waals surface area (Å²) < 4.78 is 1.11. The summed E-state index contributed by atoms with van der Waals surface area (Å²) in [4.78, 5) is 23.4. The maximum atomic E-state index is 12.7. The molecule has 1 aliphatic heterocycles. The molecule has 126 valence electrons. The molecule has 1 aliphatic rings. The van der Waals surface area contributed by atoms with Gasteiger partial charge in [0.25, 0.3) is 5.91 Å². The minimum absolute atomic E-state index is 0.0679. The molecule has 1 fully saturated rings. The van der Waals surface area contributed by atoms with Crippen molar-refractivity contribution < 1.29 is 4.79 Å². The fraction of sp³-hybridized carbons (Fsp3) is 0.625. The van der Waals surface area contributed by atoms with Crippen molar-refractivity contribution in [2.24, 2.45) is 11.1 Å². The van der Waals surface area contributed by atoms with Crippen LogP contribution in [0.4, 0.5) is 5.13 Å². The van der Waals surface area contributed by atoms with E-state index in [-0.39, 0.29) is 11.3 Å². The highest BCUT2D eigenvalue weighted by Gasteiger charge is 2.35. The minimum Gasteiger partial charge on any atom is -0.349 e. The summed E-state index contributed by atoms with van der Waals surface area (Å²) in [5.74, 6) is 0.127. The Kier molecular flexibility index (Phi) is 4.62. The van der Waals surface area contributed by atoms with Gasteiger partial charge in [-0.2, -0.15) is 0 Å². The molecule has 0 aromatic carbocycles. The number of nitrogens with zero attached hydrogens (tertiary/aromatic N) is 3. The molecule has 0 spiro atoms. The molecule has 0 saturated carbocycles. The number of hydrogen-bond donors (Lipinski definition) is 1. The predicted molar refractivity (Wildman–Crippen MR) is 98.7 cm³/mol. The molecule has 1 amide bonds. The number of anilines is 1. The van der Waals surface area contributed by atoms with Crippen LogP contribution >= 0.6 is 22.7 Å². The molecule has 2 aromatic heterocycles. The number of carbonyl (C=O) groups excluding carboxylic acids is 1. The van der Waals surface area contributed by atoms with Crippen molar-refractivity contribution in [3.8, 4) is 0 Å². The second-order valence-corrected chi connectivity index (χ2v) is 8.48. The lowest BCUT2D eigenvalue weighted by atomic mass is 9.90. The fourth-order valence-electron chi connectivity index (χ4n) is 2.98. The van der Waals surface area contributed by atoms with Crippen molar-refractivity contribution in [1.82, 2.24) is 9.88 Å². The number of rotatable bonds is 5. The minimum atomic E-state index is 0.0679. The van der Waals surface area contributed by atoms with Crippen LogP contribution in [0.5, 0.6) is 0 Å². The first-order valence-electron chi connectivity index (χ1n) is 8.14. The standard InChI is InChI=1S/C16H24N4OS2/c1-4-19(5-2)15-18-13-11(23-15)8-12(22-13)14(21)20-7-6-16(3,9-17)10-20/h8H,4-7,9-10,17H2,1-3H3. The van der Waals surface area contributed by atoms with Crippen molar-refractivity contribution in [3.05, 3.63) is 10.9 Å². The van der Waals surface area contributed by atoms with E-state index in [0.717, 1.165) is 52.1 Å². The highest BCUT2D eigenvalue weighted by Crippen LogP contribution is 2.36. The Hall–Kier alpha value is -1.18. The molecule has 7 heteroatoms. The molecule has 1 atom stereocenters. The monoisotopic (exact) mass is 352 g/mol. The largest absolute Gasteiger partial charge is 0.349 e. The summed E-state index contributed by atoms with van der Waals surface area (Å²) in [5.41, 5.74) is 5.90. The van der Waals surface area contributed by atoms with E-state index in [1.807, 2.05) is 11.0 Å². The SMILES string of the molecule is CCN(CC)c1nc2sc(C(=O)N3CCC(C)(CN)C3)cc2s1. The topological polar surface area (TPSA) is 62.5 Å². The predicted octanol–water partition coefficient (Wildman–Crippen LogP) is 3.01. The number of thiazole rings is 1. The molecule has 0 bridgehead atoms. The van der Waals surface area contributed by atoms with E-state index < -0.39 is 0 Å². The molecule has 0 radical (unpaired) electrons. The van der Waals surface area contributed by atoms with Crippen molar-refractivity contribution in [3.63, 3.8) is 0 Å². The van der Waals surface area contributed by atoms with E-state index in [0.29, 0.717) is 6.54 Å². The molecule has 1 saturated heterocycles. The lowest BCUT2D eigenvalue weighted by molar-refractivity contribution is 0.0782. The number of nitrogens with two attached hydrogens (primary N) is 1. The Morgan fingerprint density at radius 3 is 2.74 bits per heavy atom. The van der Waals surface area contributed by atoms with Crippen LogP contribution in [0.25, 0.3) is 9.53 Å². The fourth-order valence-corrected chi connectivity index (χ4v) is 5.28. The van der Waals surface area contributed by atoms with Crippen molar-refractivity contribution >= 4 is 43.2 Å². The summed E-state index contributed by atoms with van der Waals surface area (Å²) in [6, 6.07) is 2.01. The van der Waals surface area contributed by atoms with Gasteiger partial charge in [-0.05, 0) is 38.3 Å². The van der Waals surface area contributed by atoms with Crippen LogP contribution in [0, 0.1) is 5.41 Å². The lowest BCUT2D eigenvalue weighted by Gasteiger charge is -2.22.